The van der Waals surface area contributed by atoms with Crippen molar-refractivity contribution in [3.63, 3.8) is 0 Å². The number of rotatable bonds is 5. The molecule has 2 rings (SSSR count). The van der Waals surface area contributed by atoms with Gasteiger partial charge in [-0.25, -0.2) is 21.6 Å². The fraction of sp³-hybridized carbons (Fsp3) is 0.636. The van der Waals surface area contributed by atoms with Gasteiger partial charge in [0.15, 0.2) is 9.84 Å². The van der Waals surface area contributed by atoms with Gasteiger partial charge in [0.25, 0.3) is 0 Å². The third kappa shape index (κ3) is 3.40. The summed E-state index contributed by atoms with van der Waals surface area (Å²) in [5.41, 5.74) is 0.689. The van der Waals surface area contributed by atoms with Crippen molar-refractivity contribution in [2.24, 2.45) is 0 Å². The Morgan fingerprint density at radius 3 is 2.70 bits per heavy atom. The summed E-state index contributed by atoms with van der Waals surface area (Å²) in [5.74, 6) is -0.0665. The van der Waals surface area contributed by atoms with Crippen LogP contribution in [0.4, 0.5) is 0 Å². The van der Waals surface area contributed by atoms with Crippen molar-refractivity contribution >= 4 is 31.2 Å². The van der Waals surface area contributed by atoms with E-state index in [1.807, 2.05) is 0 Å². The molecule has 1 aliphatic rings. The Kier molecular flexibility index (Phi) is 4.55. The maximum atomic E-state index is 12.4. The van der Waals surface area contributed by atoms with Crippen LogP contribution >= 0.6 is 11.3 Å². The highest BCUT2D eigenvalue weighted by atomic mass is 32.2. The van der Waals surface area contributed by atoms with E-state index in [-0.39, 0.29) is 16.4 Å². The summed E-state index contributed by atoms with van der Waals surface area (Å²) in [4.78, 5) is 1.01. The van der Waals surface area contributed by atoms with E-state index in [1.165, 1.54) is 11.3 Å². The van der Waals surface area contributed by atoms with Gasteiger partial charge in [0, 0.05) is 17.5 Å². The monoisotopic (exact) mass is 338 g/mol. The quantitative estimate of drug-likeness (QED) is 0.802. The molecule has 1 atom stereocenters. The molecule has 0 spiro atoms. The van der Waals surface area contributed by atoms with E-state index in [0.29, 0.717) is 18.5 Å². The second kappa shape index (κ2) is 5.72. The van der Waals surface area contributed by atoms with Crippen molar-refractivity contribution in [1.82, 2.24) is 10.0 Å². The van der Waals surface area contributed by atoms with Crippen molar-refractivity contribution in [2.45, 2.75) is 30.8 Å². The van der Waals surface area contributed by atoms with E-state index >= 15 is 0 Å². The lowest BCUT2D eigenvalue weighted by Crippen LogP contribution is -2.36. The predicted octanol–water partition coefficient (Wildman–Crippen LogP) is 0.241. The summed E-state index contributed by atoms with van der Waals surface area (Å²) in [6, 6.07) is -0.522. The average molecular weight is 338 g/mol. The Morgan fingerprint density at radius 2 is 2.15 bits per heavy atom. The molecule has 1 saturated heterocycles. The first-order valence-corrected chi connectivity index (χ1v) is 10.4. The molecule has 0 bridgehead atoms. The standard InChI is InChI=1S/C11H18N2O4S3/c1-8-6-18-10(5-12-2)11(8)20(16,17)13-9-3-4-19(14,15)7-9/h6,9,12-13H,3-5,7H2,1-2H3. The zero-order valence-corrected chi connectivity index (χ0v) is 13.8. The number of thiophene rings is 1. The normalized spacial score (nSPS) is 22.2. The Balaban J connectivity index is 2.25. The van der Waals surface area contributed by atoms with E-state index < -0.39 is 25.9 Å². The predicted molar refractivity (Wildman–Crippen MR) is 79.2 cm³/mol. The van der Waals surface area contributed by atoms with Crippen LogP contribution in [0.5, 0.6) is 0 Å². The molecule has 1 unspecified atom stereocenters. The van der Waals surface area contributed by atoms with E-state index in [9.17, 15) is 16.8 Å². The van der Waals surface area contributed by atoms with Gasteiger partial charge in [0.05, 0.1) is 11.5 Å². The number of hydrogen-bond acceptors (Lipinski definition) is 6. The fourth-order valence-electron chi connectivity index (χ4n) is 2.30. The Bertz CT molecular complexity index is 691. The minimum atomic E-state index is -3.68. The summed E-state index contributed by atoms with van der Waals surface area (Å²) in [7, 11) is -5.03. The molecule has 0 radical (unpaired) electrons. The smallest absolute Gasteiger partial charge is 0.242 e. The summed E-state index contributed by atoms with van der Waals surface area (Å²) in [5, 5.41) is 4.74. The molecule has 0 saturated carbocycles. The average Bonchev–Trinajstić information content (AvgIpc) is 2.82. The third-order valence-electron chi connectivity index (χ3n) is 3.15. The molecule has 114 valence electrons. The highest BCUT2D eigenvalue weighted by molar-refractivity contribution is 7.92. The van der Waals surface area contributed by atoms with Crippen LogP contribution in [0.15, 0.2) is 10.3 Å². The molecule has 0 aliphatic carbocycles. The maximum Gasteiger partial charge on any atom is 0.242 e. The van der Waals surface area contributed by atoms with Crippen molar-refractivity contribution < 1.29 is 16.8 Å². The largest absolute Gasteiger partial charge is 0.315 e. The highest BCUT2D eigenvalue weighted by Crippen LogP contribution is 2.27. The number of aryl methyl sites for hydroxylation is 1. The minimum absolute atomic E-state index is 0.0478. The molecule has 9 heteroatoms. The molecule has 0 aromatic carbocycles. The van der Waals surface area contributed by atoms with Crippen LogP contribution in [0.1, 0.15) is 16.9 Å². The van der Waals surface area contributed by atoms with Crippen molar-refractivity contribution in [2.75, 3.05) is 18.6 Å². The molecule has 1 aromatic heterocycles. The lowest BCUT2D eigenvalue weighted by molar-refractivity contribution is 0.561. The molecule has 6 nitrogen and oxygen atoms in total. The van der Waals surface area contributed by atoms with Crippen LogP contribution in [-0.4, -0.2) is 41.4 Å². The topological polar surface area (TPSA) is 92.3 Å². The number of sulfonamides is 1. The fourth-order valence-corrected chi connectivity index (χ4v) is 7.17. The molecular weight excluding hydrogens is 320 g/mol. The lowest BCUT2D eigenvalue weighted by atomic mass is 10.3. The maximum absolute atomic E-state index is 12.4. The molecule has 1 aromatic rings. The SMILES string of the molecule is CNCc1scc(C)c1S(=O)(=O)NC1CCS(=O)(=O)C1. The van der Waals surface area contributed by atoms with Gasteiger partial charge in [0.2, 0.25) is 10.0 Å². The zero-order valence-electron chi connectivity index (χ0n) is 11.3. The molecule has 1 fully saturated rings. The van der Waals surface area contributed by atoms with Gasteiger partial charge in [0.1, 0.15) is 4.90 Å². The van der Waals surface area contributed by atoms with Crippen LogP contribution in [0, 0.1) is 6.92 Å². The third-order valence-corrected chi connectivity index (χ3v) is 7.90. The van der Waals surface area contributed by atoms with E-state index in [1.54, 1.807) is 19.4 Å². The first kappa shape index (κ1) is 15.9. The molecular formula is C11H18N2O4S3. The molecule has 1 aliphatic heterocycles. The molecule has 0 amide bonds. The van der Waals surface area contributed by atoms with Gasteiger partial charge < -0.3 is 5.32 Å². The van der Waals surface area contributed by atoms with E-state index in [4.69, 9.17) is 0 Å². The molecule has 2 heterocycles. The lowest BCUT2D eigenvalue weighted by Gasteiger charge is -2.13. The number of sulfone groups is 1. The Labute approximate surface area is 123 Å². The second-order valence-electron chi connectivity index (χ2n) is 4.92. The Hall–Kier alpha value is -0.480. The number of hydrogen-bond donors (Lipinski definition) is 2. The van der Waals surface area contributed by atoms with Crippen LogP contribution in [0.3, 0.4) is 0 Å². The van der Waals surface area contributed by atoms with Crippen molar-refractivity contribution in [3.8, 4) is 0 Å². The Morgan fingerprint density at radius 1 is 1.45 bits per heavy atom. The first-order chi connectivity index (χ1) is 9.25. The van der Waals surface area contributed by atoms with E-state index in [2.05, 4.69) is 10.0 Å². The number of nitrogens with one attached hydrogen (secondary N) is 2. The van der Waals surface area contributed by atoms with Crippen LogP contribution in [0.25, 0.3) is 0 Å². The first-order valence-electron chi connectivity index (χ1n) is 6.19. The summed E-state index contributed by atoms with van der Waals surface area (Å²) >= 11 is 1.39. The summed E-state index contributed by atoms with van der Waals surface area (Å²) < 4.78 is 50.2. The van der Waals surface area contributed by atoms with Crippen LogP contribution in [0.2, 0.25) is 0 Å². The van der Waals surface area contributed by atoms with Gasteiger partial charge in [-0.1, -0.05) is 0 Å². The molecule has 2 N–H and O–H groups in total. The van der Waals surface area contributed by atoms with Gasteiger partial charge in [-0.15, -0.1) is 11.3 Å². The van der Waals surface area contributed by atoms with Gasteiger partial charge in [-0.05, 0) is 31.3 Å². The van der Waals surface area contributed by atoms with Gasteiger partial charge in [-0.2, -0.15) is 0 Å². The van der Waals surface area contributed by atoms with Gasteiger partial charge in [-0.3, -0.25) is 0 Å². The van der Waals surface area contributed by atoms with Crippen LogP contribution in [-0.2, 0) is 26.4 Å². The van der Waals surface area contributed by atoms with Crippen molar-refractivity contribution in [1.29, 1.82) is 0 Å². The summed E-state index contributed by atoms with van der Waals surface area (Å²) in [6.07, 6.45) is 0.339. The van der Waals surface area contributed by atoms with E-state index in [0.717, 1.165) is 4.88 Å². The zero-order chi connectivity index (χ0) is 15.0. The van der Waals surface area contributed by atoms with Gasteiger partial charge >= 0.3 is 0 Å². The summed E-state index contributed by atoms with van der Waals surface area (Å²) in [6.45, 7) is 2.22. The van der Waals surface area contributed by atoms with Crippen molar-refractivity contribution in [3.05, 3.63) is 15.8 Å². The van der Waals surface area contributed by atoms with Crippen LogP contribution < -0.4 is 10.0 Å². The molecule has 20 heavy (non-hydrogen) atoms. The minimum Gasteiger partial charge on any atom is -0.315 e. The second-order valence-corrected chi connectivity index (χ2v) is 9.77. The highest BCUT2D eigenvalue weighted by Gasteiger charge is 2.33.